The van der Waals surface area contributed by atoms with E-state index in [2.05, 4.69) is 9.97 Å². The summed E-state index contributed by atoms with van der Waals surface area (Å²) in [5, 5.41) is 10.2. The van der Waals surface area contributed by atoms with E-state index >= 15 is 0 Å². The minimum absolute atomic E-state index is 0.402. The molecule has 17 heavy (non-hydrogen) atoms. The zero-order valence-electron chi connectivity index (χ0n) is 10.3. The molecule has 4 atom stereocenters. The van der Waals surface area contributed by atoms with Crippen LogP contribution in [0.3, 0.4) is 0 Å². The van der Waals surface area contributed by atoms with Crippen LogP contribution in [-0.2, 0) is 0 Å². The number of fused-ring (bicyclic) bond motifs is 2. The smallest absolute Gasteiger partial charge is 0.125 e. The number of rotatable bonds is 3. The molecule has 1 heterocycles. The van der Waals surface area contributed by atoms with Crippen molar-refractivity contribution in [3.05, 3.63) is 23.8 Å². The van der Waals surface area contributed by atoms with Crippen molar-refractivity contribution in [2.75, 3.05) is 0 Å². The molecule has 1 aromatic heterocycles. The van der Waals surface area contributed by atoms with Gasteiger partial charge < -0.3 is 5.11 Å². The highest BCUT2D eigenvalue weighted by Gasteiger charge is 2.40. The van der Waals surface area contributed by atoms with Crippen molar-refractivity contribution in [2.24, 2.45) is 17.8 Å². The minimum Gasteiger partial charge on any atom is -0.387 e. The monoisotopic (exact) mass is 232 g/mol. The zero-order chi connectivity index (χ0) is 11.8. The Kier molecular flexibility index (Phi) is 2.87. The molecule has 0 saturated heterocycles. The standard InChI is InChI=1S/C14H20N2O/c1-9-15-5-4-13(16-9)14(17)8-12-7-10-2-3-11(12)6-10/h4-5,10-12,14,17H,2-3,6-8H2,1H3. The van der Waals surface area contributed by atoms with Crippen LogP contribution in [0.4, 0.5) is 0 Å². The molecule has 92 valence electrons. The lowest BCUT2D eigenvalue weighted by Gasteiger charge is -2.23. The molecule has 1 N–H and O–H groups in total. The molecule has 2 fully saturated rings. The highest BCUT2D eigenvalue weighted by Crippen LogP contribution is 2.50. The van der Waals surface area contributed by atoms with Gasteiger partial charge in [0.2, 0.25) is 0 Å². The maximum atomic E-state index is 10.2. The lowest BCUT2D eigenvalue weighted by atomic mass is 9.84. The van der Waals surface area contributed by atoms with Gasteiger partial charge in [-0.25, -0.2) is 9.97 Å². The quantitative estimate of drug-likeness (QED) is 0.871. The molecular weight excluding hydrogens is 212 g/mol. The van der Waals surface area contributed by atoms with Crippen LogP contribution >= 0.6 is 0 Å². The van der Waals surface area contributed by atoms with Gasteiger partial charge in [0, 0.05) is 6.20 Å². The van der Waals surface area contributed by atoms with Crippen LogP contribution < -0.4 is 0 Å². The van der Waals surface area contributed by atoms with E-state index in [1.165, 1.54) is 25.7 Å². The van der Waals surface area contributed by atoms with E-state index in [1.807, 2.05) is 13.0 Å². The Morgan fingerprint density at radius 1 is 1.41 bits per heavy atom. The maximum absolute atomic E-state index is 10.2. The molecule has 2 aliphatic rings. The third-order valence-corrected chi connectivity index (χ3v) is 4.55. The van der Waals surface area contributed by atoms with Crippen molar-refractivity contribution in [3.8, 4) is 0 Å². The Hall–Kier alpha value is -0.960. The van der Waals surface area contributed by atoms with Crippen LogP contribution in [-0.4, -0.2) is 15.1 Å². The second kappa shape index (κ2) is 4.37. The molecule has 3 nitrogen and oxygen atoms in total. The van der Waals surface area contributed by atoms with Crippen molar-refractivity contribution in [2.45, 2.75) is 45.1 Å². The average Bonchev–Trinajstić information content (AvgIpc) is 2.91. The number of hydrogen-bond acceptors (Lipinski definition) is 3. The van der Waals surface area contributed by atoms with E-state index in [0.29, 0.717) is 0 Å². The highest BCUT2D eigenvalue weighted by atomic mass is 16.3. The third-order valence-electron chi connectivity index (χ3n) is 4.55. The maximum Gasteiger partial charge on any atom is 0.125 e. The summed E-state index contributed by atoms with van der Waals surface area (Å²) in [4.78, 5) is 8.39. The first-order chi connectivity index (χ1) is 8.22. The number of aliphatic hydroxyl groups excluding tert-OH is 1. The fourth-order valence-corrected chi connectivity index (χ4v) is 3.73. The van der Waals surface area contributed by atoms with E-state index in [0.717, 1.165) is 35.7 Å². The molecule has 0 amide bonds. The fourth-order valence-electron chi connectivity index (χ4n) is 3.73. The van der Waals surface area contributed by atoms with Crippen molar-refractivity contribution in [3.63, 3.8) is 0 Å². The Bertz CT molecular complexity index is 407. The SMILES string of the molecule is Cc1nccc(C(O)CC2CC3CCC2C3)n1. The summed E-state index contributed by atoms with van der Waals surface area (Å²) in [5.41, 5.74) is 0.792. The van der Waals surface area contributed by atoms with Gasteiger partial charge in [0.15, 0.2) is 0 Å². The largest absolute Gasteiger partial charge is 0.387 e. The summed E-state index contributed by atoms with van der Waals surface area (Å²) < 4.78 is 0. The normalized spacial score (nSPS) is 32.9. The van der Waals surface area contributed by atoms with Gasteiger partial charge in [0.25, 0.3) is 0 Å². The minimum atomic E-state index is -0.402. The molecule has 3 heteroatoms. The summed E-state index contributed by atoms with van der Waals surface area (Å²) in [6, 6.07) is 1.84. The Labute approximate surface area is 102 Å². The Morgan fingerprint density at radius 2 is 2.29 bits per heavy atom. The first-order valence-corrected chi connectivity index (χ1v) is 6.70. The predicted octanol–water partition coefficient (Wildman–Crippen LogP) is 2.64. The van der Waals surface area contributed by atoms with Gasteiger partial charge in [-0.2, -0.15) is 0 Å². The Balaban J connectivity index is 1.65. The number of hydrogen-bond donors (Lipinski definition) is 1. The van der Waals surface area contributed by atoms with Crippen molar-refractivity contribution in [1.82, 2.24) is 9.97 Å². The number of aliphatic hydroxyl groups is 1. The number of aromatic nitrogens is 2. The van der Waals surface area contributed by atoms with Crippen molar-refractivity contribution < 1.29 is 5.11 Å². The average molecular weight is 232 g/mol. The predicted molar refractivity (Wildman–Crippen MR) is 65.3 cm³/mol. The lowest BCUT2D eigenvalue weighted by molar-refractivity contribution is 0.121. The molecule has 0 radical (unpaired) electrons. The highest BCUT2D eigenvalue weighted by molar-refractivity contribution is 5.06. The van der Waals surface area contributed by atoms with E-state index < -0.39 is 6.10 Å². The zero-order valence-corrected chi connectivity index (χ0v) is 10.3. The van der Waals surface area contributed by atoms with Crippen LogP contribution in [0.1, 0.15) is 49.7 Å². The van der Waals surface area contributed by atoms with Gasteiger partial charge in [-0.05, 0) is 56.4 Å². The van der Waals surface area contributed by atoms with Crippen LogP contribution in [0, 0.1) is 24.7 Å². The van der Waals surface area contributed by atoms with Gasteiger partial charge in [0.1, 0.15) is 5.82 Å². The molecule has 2 saturated carbocycles. The number of aryl methyl sites for hydroxylation is 1. The van der Waals surface area contributed by atoms with Gasteiger partial charge >= 0.3 is 0 Å². The first-order valence-electron chi connectivity index (χ1n) is 6.70. The molecule has 0 aliphatic heterocycles. The molecular formula is C14H20N2O. The van der Waals surface area contributed by atoms with Crippen LogP contribution in [0.5, 0.6) is 0 Å². The number of nitrogens with zero attached hydrogens (tertiary/aromatic N) is 2. The van der Waals surface area contributed by atoms with E-state index in [9.17, 15) is 5.11 Å². The van der Waals surface area contributed by atoms with E-state index in [4.69, 9.17) is 0 Å². The molecule has 0 spiro atoms. The summed E-state index contributed by atoms with van der Waals surface area (Å²) in [5.74, 6) is 3.29. The van der Waals surface area contributed by atoms with E-state index in [1.54, 1.807) is 6.20 Å². The molecule has 0 aromatic carbocycles. The molecule has 4 unspecified atom stereocenters. The van der Waals surface area contributed by atoms with Crippen molar-refractivity contribution in [1.29, 1.82) is 0 Å². The fraction of sp³-hybridized carbons (Fsp3) is 0.714. The van der Waals surface area contributed by atoms with Gasteiger partial charge in [0.05, 0.1) is 11.8 Å². The van der Waals surface area contributed by atoms with Gasteiger partial charge in [-0.3, -0.25) is 0 Å². The molecule has 1 aromatic rings. The molecule has 3 rings (SSSR count). The molecule has 2 bridgehead atoms. The summed E-state index contributed by atoms with van der Waals surface area (Å²) >= 11 is 0. The van der Waals surface area contributed by atoms with Gasteiger partial charge in [-0.15, -0.1) is 0 Å². The van der Waals surface area contributed by atoms with Crippen LogP contribution in [0.25, 0.3) is 0 Å². The Morgan fingerprint density at radius 3 is 2.94 bits per heavy atom. The van der Waals surface area contributed by atoms with Crippen molar-refractivity contribution >= 4 is 0 Å². The van der Waals surface area contributed by atoms with Crippen LogP contribution in [0.15, 0.2) is 12.3 Å². The second-order valence-electron chi connectivity index (χ2n) is 5.72. The topological polar surface area (TPSA) is 46.0 Å². The van der Waals surface area contributed by atoms with Crippen LogP contribution in [0.2, 0.25) is 0 Å². The second-order valence-corrected chi connectivity index (χ2v) is 5.72. The first kappa shape index (κ1) is 11.1. The summed E-state index contributed by atoms with van der Waals surface area (Å²) in [7, 11) is 0. The van der Waals surface area contributed by atoms with E-state index in [-0.39, 0.29) is 0 Å². The summed E-state index contributed by atoms with van der Waals surface area (Å²) in [6.07, 6.45) is 7.75. The van der Waals surface area contributed by atoms with Gasteiger partial charge in [-0.1, -0.05) is 6.42 Å². The molecule has 2 aliphatic carbocycles. The lowest BCUT2D eigenvalue weighted by Crippen LogP contribution is -2.15. The summed E-state index contributed by atoms with van der Waals surface area (Å²) in [6.45, 7) is 1.87. The third kappa shape index (κ3) is 2.21.